The van der Waals surface area contributed by atoms with Crippen LogP contribution >= 0.6 is 11.6 Å². The molecular formula is C21H16ClN5. The van der Waals surface area contributed by atoms with E-state index in [9.17, 15) is 0 Å². The molecule has 0 bridgehead atoms. The Balaban J connectivity index is 1.77. The molecule has 0 fully saturated rings. The Morgan fingerprint density at radius 2 is 1.85 bits per heavy atom. The molecule has 4 aromatic rings. The molecule has 0 saturated heterocycles. The number of nitrogens with one attached hydrogen (secondary N) is 1. The van der Waals surface area contributed by atoms with Crippen molar-refractivity contribution in [1.82, 2.24) is 15.0 Å². The molecular weight excluding hydrogens is 358 g/mol. The lowest BCUT2D eigenvalue weighted by atomic mass is 10.1. The number of hydrogen-bond acceptors (Lipinski definition) is 5. The van der Waals surface area contributed by atoms with Crippen LogP contribution in [-0.2, 0) is 0 Å². The summed E-state index contributed by atoms with van der Waals surface area (Å²) in [5.74, 6) is 0.423. The van der Waals surface area contributed by atoms with Crippen LogP contribution < -0.4 is 5.43 Å². The maximum atomic E-state index is 6.19. The van der Waals surface area contributed by atoms with Gasteiger partial charge in [0.25, 0.3) is 0 Å². The molecule has 2 aromatic heterocycles. The van der Waals surface area contributed by atoms with Crippen molar-refractivity contribution in [2.24, 2.45) is 5.10 Å². The highest BCUT2D eigenvalue weighted by Crippen LogP contribution is 2.29. The second-order valence-corrected chi connectivity index (χ2v) is 6.41. The van der Waals surface area contributed by atoms with Crippen molar-refractivity contribution >= 4 is 34.2 Å². The van der Waals surface area contributed by atoms with E-state index < -0.39 is 0 Å². The number of aromatic nitrogens is 3. The molecule has 2 aromatic carbocycles. The standard InChI is InChI=1S/C21H16ClN5/c1-14(16-8-5-11-23-13-16)26-27-21-24-19-10-9-17(22)12-18(19)20(25-21)15-6-3-2-4-7-15/h2-13H,1H3,(H,24,25,27)/b26-14-. The highest BCUT2D eigenvalue weighted by atomic mass is 35.5. The monoisotopic (exact) mass is 373 g/mol. The first-order chi connectivity index (χ1) is 13.2. The van der Waals surface area contributed by atoms with Crippen molar-refractivity contribution in [3.05, 3.63) is 83.6 Å². The highest BCUT2D eigenvalue weighted by molar-refractivity contribution is 6.31. The second kappa shape index (κ2) is 7.51. The van der Waals surface area contributed by atoms with Crippen molar-refractivity contribution < 1.29 is 0 Å². The maximum Gasteiger partial charge on any atom is 0.244 e. The van der Waals surface area contributed by atoms with Crippen LogP contribution in [0.5, 0.6) is 0 Å². The fourth-order valence-corrected chi connectivity index (χ4v) is 2.91. The van der Waals surface area contributed by atoms with E-state index in [0.29, 0.717) is 11.0 Å². The van der Waals surface area contributed by atoms with Crippen LogP contribution in [0, 0.1) is 0 Å². The second-order valence-electron chi connectivity index (χ2n) is 5.97. The zero-order valence-electron chi connectivity index (χ0n) is 14.6. The molecule has 1 N–H and O–H groups in total. The van der Waals surface area contributed by atoms with Gasteiger partial charge in [0.05, 0.1) is 16.9 Å². The van der Waals surface area contributed by atoms with Gasteiger partial charge in [0.2, 0.25) is 5.95 Å². The molecule has 0 aliphatic carbocycles. The van der Waals surface area contributed by atoms with Gasteiger partial charge in [-0.05, 0) is 31.2 Å². The minimum Gasteiger partial charge on any atom is -0.264 e. The summed E-state index contributed by atoms with van der Waals surface area (Å²) < 4.78 is 0. The third-order valence-corrected chi connectivity index (χ3v) is 4.34. The zero-order chi connectivity index (χ0) is 18.6. The van der Waals surface area contributed by atoms with E-state index in [0.717, 1.165) is 33.4 Å². The molecule has 0 aliphatic rings. The third-order valence-electron chi connectivity index (χ3n) is 4.11. The Labute approximate surface area is 161 Å². The molecule has 27 heavy (non-hydrogen) atoms. The average molecular weight is 374 g/mol. The molecule has 0 atom stereocenters. The van der Waals surface area contributed by atoms with Gasteiger partial charge in [0, 0.05) is 33.9 Å². The zero-order valence-corrected chi connectivity index (χ0v) is 15.4. The molecule has 132 valence electrons. The number of nitrogens with zero attached hydrogens (tertiary/aromatic N) is 4. The van der Waals surface area contributed by atoms with Crippen LogP contribution in [0.2, 0.25) is 5.02 Å². The van der Waals surface area contributed by atoms with Gasteiger partial charge in [-0.2, -0.15) is 5.10 Å². The number of benzene rings is 2. The molecule has 0 radical (unpaired) electrons. The Bertz CT molecular complexity index is 1110. The van der Waals surface area contributed by atoms with Crippen LogP contribution in [0.25, 0.3) is 22.2 Å². The third kappa shape index (κ3) is 3.78. The lowest BCUT2D eigenvalue weighted by Gasteiger charge is -2.09. The first-order valence-corrected chi connectivity index (χ1v) is 8.82. The maximum absolute atomic E-state index is 6.19. The molecule has 0 amide bonds. The smallest absolute Gasteiger partial charge is 0.244 e. The molecule has 0 aliphatic heterocycles. The van der Waals surface area contributed by atoms with Gasteiger partial charge >= 0.3 is 0 Å². The highest BCUT2D eigenvalue weighted by Gasteiger charge is 2.10. The number of fused-ring (bicyclic) bond motifs is 1. The SMILES string of the molecule is C/C(=N/Nc1nc(-c2ccccc2)c2cc(Cl)ccc2n1)c1cccnc1. The van der Waals surface area contributed by atoms with Crippen molar-refractivity contribution in [1.29, 1.82) is 0 Å². The van der Waals surface area contributed by atoms with Gasteiger partial charge in [-0.3, -0.25) is 4.98 Å². The van der Waals surface area contributed by atoms with Crippen molar-refractivity contribution in [2.45, 2.75) is 6.92 Å². The molecule has 0 saturated carbocycles. The lowest BCUT2D eigenvalue weighted by molar-refractivity contribution is 1.15. The number of anilines is 1. The van der Waals surface area contributed by atoms with Crippen LogP contribution in [0.4, 0.5) is 5.95 Å². The predicted molar refractivity (Wildman–Crippen MR) is 110 cm³/mol. The molecule has 5 nitrogen and oxygen atoms in total. The quantitative estimate of drug-likeness (QED) is 0.395. The average Bonchev–Trinajstić information content (AvgIpc) is 2.73. The van der Waals surface area contributed by atoms with Crippen LogP contribution in [0.1, 0.15) is 12.5 Å². The first kappa shape index (κ1) is 17.1. The topological polar surface area (TPSA) is 63.1 Å². The van der Waals surface area contributed by atoms with E-state index in [1.807, 2.05) is 67.6 Å². The van der Waals surface area contributed by atoms with E-state index >= 15 is 0 Å². The van der Waals surface area contributed by atoms with Gasteiger partial charge in [0.15, 0.2) is 0 Å². The number of hydrazone groups is 1. The number of pyridine rings is 1. The van der Waals surface area contributed by atoms with Gasteiger partial charge in [0.1, 0.15) is 0 Å². The predicted octanol–water partition coefficient (Wildman–Crippen LogP) is 5.18. The fraction of sp³-hybridized carbons (Fsp3) is 0.0476. The van der Waals surface area contributed by atoms with Gasteiger partial charge in [-0.15, -0.1) is 0 Å². The Hall–Kier alpha value is -3.31. The van der Waals surface area contributed by atoms with Gasteiger partial charge in [-0.25, -0.2) is 15.4 Å². The van der Waals surface area contributed by atoms with Crippen LogP contribution in [0.3, 0.4) is 0 Å². The Kier molecular flexibility index (Phi) is 4.77. The number of hydrogen-bond donors (Lipinski definition) is 1. The number of halogens is 1. The Morgan fingerprint density at radius 1 is 1.00 bits per heavy atom. The summed E-state index contributed by atoms with van der Waals surface area (Å²) in [6.45, 7) is 1.91. The van der Waals surface area contributed by atoms with Gasteiger partial charge in [-0.1, -0.05) is 48.0 Å². The first-order valence-electron chi connectivity index (χ1n) is 8.44. The Morgan fingerprint density at radius 3 is 2.63 bits per heavy atom. The molecule has 4 rings (SSSR count). The summed E-state index contributed by atoms with van der Waals surface area (Å²) in [6, 6.07) is 19.4. The van der Waals surface area contributed by atoms with E-state index in [-0.39, 0.29) is 0 Å². The summed E-state index contributed by atoms with van der Waals surface area (Å²) in [4.78, 5) is 13.4. The minimum atomic E-state index is 0.423. The van der Waals surface area contributed by atoms with Gasteiger partial charge < -0.3 is 0 Å². The number of rotatable bonds is 4. The van der Waals surface area contributed by atoms with Crippen LogP contribution in [-0.4, -0.2) is 20.7 Å². The molecule has 2 heterocycles. The van der Waals surface area contributed by atoms with E-state index in [4.69, 9.17) is 11.6 Å². The van der Waals surface area contributed by atoms with Crippen LogP contribution in [0.15, 0.2) is 78.2 Å². The van der Waals surface area contributed by atoms with E-state index in [1.165, 1.54) is 0 Å². The lowest BCUT2D eigenvalue weighted by Crippen LogP contribution is -2.03. The molecule has 6 heteroatoms. The fourth-order valence-electron chi connectivity index (χ4n) is 2.74. The summed E-state index contributed by atoms with van der Waals surface area (Å²) in [6.07, 6.45) is 3.49. The summed E-state index contributed by atoms with van der Waals surface area (Å²) in [5.41, 5.74) is 7.28. The minimum absolute atomic E-state index is 0.423. The molecule has 0 spiro atoms. The summed E-state index contributed by atoms with van der Waals surface area (Å²) >= 11 is 6.19. The van der Waals surface area contributed by atoms with E-state index in [2.05, 4.69) is 25.5 Å². The van der Waals surface area contributed by atoms with Crippen molar-refractivity contribution in [2.75, 3.05) is 5.43 Å². The normalized spacial score (nSPS) is 11.6. The molecule has 0 unspecified atom stereocenters. The van der Waals surface area contributed by atoms with Crippen molar-refractivity contribution in [3.8, 4) is 11.3 Å². The van der Waals surface area contributed by atoms with Crippen molar-refractivity contribution in [3.63, 3.8) is 0 Å². The summed E-state index contributed by atoms with van der Waals surface area (Å²) in [5, 5.41) is 5.94. The largest absolute Gasteiger partial charge is 0.264 e. The van der Waals surface area contributed by atoms with E-state index in [1.54, 1.807) is 12.4 Å². The summed E-state index contributed by atoms with van der Waals surface area (Å²) in [7, 11) is 0.